The zero-order valence-electron chi connectivity index (χ0n) is 11.8. The molecule has 2 heterocycles. The first-order valence-electron chi connectivity index (χ1n) is 6.65. The standard InChI is InChI=1S/C16H22N2/c1-5-17-9-7-15(13(3)11-17)16-8-10-18(6-2)12-14(16)4/h7-12H,5-6H2,1-4H3/q+2. The van der Waals surface area contributed by atoms with Crippen LogP contribution in [0.4, 0.5) is 0 Å². The molecule has 2 rings (SSSR count). The molecule has 0 bridgehead atoms. The molecule has 0 aliphatic carbocycles. The van der Waals surface area contributed by atoms with Crippen molar-refractivity contribution in [3.63, 3.8) is 0 Å². The fourth-order valence-electron chi connectivity index (χ4n) is 2.32. The Morgan fingerprint density at radius 1 is 0.778 bits per heavy atom. The van der Waals surface area contributed by atoms with E-state index < -0.39 is 0 Å². The van der Waals surface area contributed by atoms with Gasteiger partial charge in [-0.25, -0.2) is 9.13 Å². The van der Waals surface area contributed by atoms with Crippen molar-refractivity contribution in [3.05, 3.63) is 48.0 Å². The zero-order chi connectivity index (χ0) is 13.1. The summed E-state index contributed by atoms with van der Waals surface area (Å²) in [5.41, 5.74) is 5.33. The number of nitrogens with zero attached hydrogens (tertiary/aromatic N) is 2. The molecule has 0 aliphatic rings. The maximum absolute atomic E-state index is 2.22. The third kappa shape index (κ3) is 2.42. The van der Waals surface area contributed by atoms with Crippen molar-refractivity contribution in [2.45, 2.75) is 40.8 Å². The lowest BCUT2D eigenvalue weighted by Crippen LogP contribution is -2.32. The molecule has 0 saturated carbocycles. The molecule has 94 valence electrons. The van der Waals surface area contributed by atoms with Gasteiger partial charge in [-0.15, -0.1) is 0 Å². The van der Waals surface area contributed by atoms with Crippen molar-refractivity contribution < 1.29 is 9.13 Å². The maximum Gasteiger partial charge on any atom is 0.172 e. The molecule has 2 aromatic rings. The molecule has 2 aromatic heterocycles. The van der Waals surface area contributed by atoms with Crippen LogP contribution in [0.25, 0.3) is 11.1 Å². The van der Waals surface area contributed by atoms with Crippen LogP contribution in [0.1, 0.15) is 25.0 Å². The van der Waals surface area contributed by atoms with Gasteiger partial charge in [0.05, 0.1) is 0 Å². The SMILES string of the molecule is CC[n+]1ccc(-c2cc[n+](CC)cc2C)c(C)c1. The van der Waals surface area contributed by atoms with E-state index in [1.807, 2.05) is 0 Å². The average Bonchev–Trinajstić information content (AvgIpc) is 2.39. The number of pyridine rings is 2. The van der Waals surface area contributed by atoms with E-state index >= 15 is 0 Å². The van der Waals surface area contributed by atoms with Gasteiger partial charge in [0.2, 0.25) is 0 Å². The molecule has 0 saturated heterocycles. The molecule has 0 aromatic carbocycles. The van der Waals surface area contributed by atoms with E-state index in [0.29, 0.717) is 0 Å². The molecular weight excluding hydrogens is 220 g/mol. The van der Waals surface area contributed by atoms with Crippen LogP contribution < -0.4 is 9.13 Å². The van der Waals surface area contributed by atoms with E-state index in [-0.39, 0.29) is 0 Å². The number of hydrogen-bond donors (Lipinski definition) is 0. The van der Waals surface area contributed by atoms with Gasteiger partial charge in [-0.3, -0.25) is 0 Å². The minimum Gasteiger partial charge on any atom is -0.205 e. The summed E-state index contributed by atoms with van der Waals surface area (Å²) in [7, 11) is 0. The average molecular weight is 242 g/mol. The lowest BCUT2D eigenvalue weighted by Gasteiger charge is -2.07. The van der Waals surface area contributed by atoms with Crippen LogP contribution >= 0.6 is 0 Å². The molecule has 0 N–H and O–H groups in total. The minimum absolute atomic E-state index is 1.02. The third-order valence-corrected chi connectivity index (χ3v) is 3.45. The maximum atomic E-state index is 2.22. The Balaban J connectivity index is 2.48. The fourth-order valence-corrected chi connectivity index (χ4v) is 2.32. The Morgan fingerprint density at radius 3 is 1.44 bits per heavy atom. The second kappa shape index (κ2) is 5.30. The normalized spacial score (nSPS) is 10.7. The van der Waals surface area contributed by atoms with Crippen LogP contribution in [0, 0.1) is 13.8 Å². The molecular formula is C16H22N2+2. The second-order valence-electron chi connectivity index (χ2n) is 4.74. The summed E-state index contributed by atoms with van der Waals surface area (Å²) < 4.78 is 4.42. The first-order chi connectivity index (χ1) is 8.65. The molecule has 0 unspecified atom stereocenters. The largest absolute Gasteiger partial charge is 0.205 e. The van der Waals surface area contributed by atoms with Gasteiger partial charge in [-0.05, 0) is 38.8 Å². The molecule has 18 heavy (non-hydrogen) atoms. The van der Waals surface area contributed by atoms with E-state index in [1.54, 1.807) is 0 Å². The van der Waals surface area contributed by atoms with Gasteiger partial charge in [0.25, 0.3) is 0 Å². The summed E-state index contributed by atoms with van der Waals surface area (Å²) in [6.45, 7) is 10.7. The fraction of sp³-hybridized carbons (Fsp3) is 0.375. The highest BCUT2D eigenvalue weighted by Gasteiger charge is 2.11. The Kier molecular flexibility index (Phi) is 3.75. The van der Waals surface area contributed by atoms with E-state index in [4.69, 9.17) is 0 Å². The van der Waals surface area contributed by atoms with Gasteiger partial charge in [0, 0.05) is 23.3 Å². The lowest BCUT2D eigenvalue weighted by molar-refractivity contribution is -0.694. The van der Waals surface area contributed by atoms with Gasteiger partial charge >= 0.3 is 0 Å². The lowest BCUT2D eigenvalue weighted by atomic mass is 10.00. The van der Waals surface area contributed by atoms with Crippen molar-refractivity contribution >= 4 is 0 Å². The number of rotatable bonds is 3. The Labute approximate surface area is 110 Å². The van der Waals surface area contributed by atoms with Gasteiger partial charge in [0.1, 0.15) is 13.1 Å². The summed E-state index contributed by atoms with van der Waals surface area (Å²) in [5.74, 6) is 0. The topological polar surface area (TPSA) is 7.76 Å². The van der Waals surface area contributed by atoms with Crippen molar-refractivity contribution in [2.24, 2.45) is 0 Å². The van der Waals surface area contributed by atoms with Crippen LogP contribution in [0.5, 0.6) is 0 Å². The van der Waals surface area contributed by atoms with Crippen LogP contribution in [-0.4, -0.2) is 0 Å². The molecule has 2 heteroatoms. The van der Waals surface area contributed by atoms with Gasteiger partial charge < -0.3 is 0 Å². The summed E-state index contributed by atoms with van der Waals surface area (Å²) >= 11 is 0. The quantitative estimate of drug-likeness (QED) is 0.731. The number of hydrogen-bond acceptors (Lipinski definition) is 0. The van der Waals surface area contributed by atoms with E-state index in [2.05, 4.69) is 73.7 Å². The van der Waals surface area contributed by atoms with E-state index in [9.17, 15) is 0 Å². The van der Waals surface area contributed by atoms with Crippen molar-refractivity contribution in [1.82, 2.24) is 0 Å². The van der Waals surface area contributed by atoms with Crippen molar-refractivity contribution in [2.75, 3.05) is 0 Å². The second-order valence-corrected chi connectivity index (χ2v) is 4.74. The summed E-state index contributed by atoms with van der Waals surface area (Å²) in [5, 5.41) is 0. The van der Waals surface area contributed by atoms with Crippen LogP contribution in [0.15, 0.2) is 36.9 Å². The molecule has 0 amide bonds. The molecule has 0 radical (unpaired) electrons. The highest BCUT2D eigenvalue weighted by atomic mass is 14.9. The zero-order valence-corrected chi connectivity index (χ0v) is 11.8. The first kappa shape index (κ1) is 12.7. The van der Waals surface area contributed by atoms with Gasteiger partial charge in [-0.1, -0.05) is 0 Å². The summed E-state index contributed by atoms with van der Waals surface area (Å²) in [6, 6.07) is 4.44. The van der Waals surface area contributed by atoms with E-state index in [1.165, 1.54) is 22.3 Å². The van der Waals surface area contributed by atoms with Gasteiger partial charge in [-0.2, -0.15) is 0 Å². The smallest absolute Gasteiger partial charge is 0.172 e. The number of aryl methyl sites for hydroxylation is 4. The Bertz CT molecular complexity index is 508. The Hall–Kier alpha value is -1.70. The summed E-state index contributed by atoms with van der Waals surface area (Å²) in [6.07, 6.45) is 8.75. The predicted molar refractivity (Wildman–Crippen MR) is 73.1 cm³/mol. The third-order valence-electron chi connectivity index (χ3n) is 3.45. The van der Waals surface area contributed by atoms with Crippen molar-refractivity contribution in [3.8, 4) is 11.1 Å². The molecule has 0 spiro atoms. The highest BCUT2D eigenvalue weighted by molar-refractivity contribution is 5.68. The van der Waals surface area contributed by atoms with E-state index in [0.717, 1.165) is 13.1 Å². The molecule has 0 aliphatic heterocycles. The first-order valence-corrected chi connectivity index (χ1v) is 6.65. The van der Waals surface area contributed by atoms with Crippen LogP contribution in [-0.2, 0) is 13.1 Å². The van der Waals surface area contributed by atoms with Crippen LogP contribution in [0.3, 0.4) is 0 Å². The Morgan fingerprint density at radius 2 is 1.17 bits per heavy atom. The predicted octanol–water partition coefficient (Wildman–Crippen LogP) is 2.59. The molecule has 0 fully saturated rings. The van der Waals surface area contributed by atoms with Crippen LogP contribution in [0.2, 0.25) is 0 Å². The molecule has 2 nitrogen and oxygen atoms in total. The van der Waals surface area contributed by atoms with Crippen molar-refractivity contribution in [1.29, 1.82) is 0 Å². The monoisotopic (exact) mass is 242 g/mol. The number of aromatic nitrogens is 2. The van der Waals surface area contributed by atoms with Gasteiger partial charge in [0.15, 0.2) is 24.8 Å². The summed E-state index contributed by atoms with van der Waals surface area (Å²) in [4.78, 5) is 0. The highest BCUT2D eigenvalue weighted by Crippen LogP contribution is 2.24. The minimum atomic E-state index is 1.02. The molecule has 0 atom stereocenters.